The van der Waals surface area contributed by atoms with E-state index in [1.807, 2.05) is 34.7 Å². The van der Waals surface area contributed by atoms with Crippen LogP contribution in [0.2, 0.25) is 0 Å². The molecule has 3 N–H and O–H groups in total. The van der Waals surface area contributed by atoms with Crippen molar-refractivity contribution in [3.8, 4) is 46.3 Å². The van der Waals surface area contributed by atoms with E-state index in [4.69, 9.17) is 33.2 Å². The van der Waals surface area contributed by atoms with E-state index >= 15 is 0 Å². The van der Waals surface area contributed by atoms with Gasteiger partial charge in [0.1, 0.15) is 18.4 Å². The summed E-state index contributed by atoms with van der Waals surface area (Å²) in [4.78, 5) is 32.9. The standard InChI is InChI=1S/C46H54N4O11S/c1-8-10-32(52)60-40-23(4)41-42(59-21-58-41)35-29-19-57-45(54)46(26-17-31(55-6)30(51)16-24(26)12-13-48-46)20-62-44(36(35)40)38-37-34-25(15-27(49(37)5)28(18-47)50(29)38)14-22(3)39(56-7)43(34)61-33(53)11-9-2/h14,16-17,27-29,32,37-38,44,48,51-52H,8-13,15,19-21H2,1-7H3/t27-,28-,29-,32?,37+,38?,44+,46+/m0/s1. The van der Waals surface area contributed by atoms with Crippen molar-refractivity contribution in [1.29, 1.82) is 5.26 Å². The monoisotopic (exact) mass is 870 g/mol. The molecule has 2 saturated heterocycles. The van der Waals surface area contributed by atoms with Crippen LogP contribution in [0.25, 0.3) is 0 Å². The second kappa shape index (κ2) is 16.3. The number of carbonyl (C=O) groups excluding carboxylic acids is 2. The Labute approximate surface area is 365 Å². The number of esters is 2. The van der Waals surface area contributed by atoms with Crippen LogP contribution in [0.3, 0.4) is 0 Å². The number of phenolic OH excluding ortho intramolecular Hbond substituents is 1. The SMILES string of the molecule is CCCC(=O)Oc1c(OC)c(C)cc2c1[C@@H]1C3[C@@H]4SC[C@]5(NCCc6cc(O)c(OC)cc65)C(=O)OC[C@@H](c5c6c(c(C)c(OC(O)CCC)c54)OCO6)N3[C@@H](C#N)[C@H](C2)N1C. The molecule has 0 radical (unpaired) electrons. The number of benzene rings is 3. The Bertz CT molecular complexity index is 2370. The topological polar surface area (TPSA) is 182 Å². The Hall–Kier alpha value is -4.92. The van der Waals surface area contributed by atoms with E-state index in [0.29, 0.717) is 84.1 Å². The number of nitrogens with zero attached hydrogens (tertiary/aromatic N) is 3. The molecule has 7 aliphatic rings. The zero-order valence-electron chi connectivity index (χ0n) is 36.2. The number of ether oxygens (including phenoxy) is 7. The molecule has 3 aromatic rings. The third-order valence-corrected chi connectivity index (χ3v) is 15.1. The van der Waals surface area contributed by atoms with E-state index < -0.39 is 47.2 Å². The van der Waals surface area contributed by atoms with Crippen LogP contribution in [-0.4, -0.2) is 103 Å². The Morgan fingerprint density at radius 2 is 1.84 bits per heavy atom. The molecule has 4 bridgehead atoms. The molecule has 7 heterocycles. The first-order chi connectivity index (χ1) is 29.9. The number of methoxy groups -OCH3 is 2. The number of aryl methyl sites for hydroxylation is 1. The van der Waals surface area contributed by atoms with Gasteiger partial charge >= 0.3 is 11.9 Å². The highest BCUT2D eigenvalue weighted by Crippen LogP contribution is 2.65. The van der Waals surface area contributed by atoms with Crippen molar-refractivity contribution in [2.45, 2.75) is 114 Å². The maximum Gasteiger partial charge on any atom is 0.331 e. The predicted octanol–water partition coefficient (Wildman–Crippen LogP) is 5.56. The highest BCUT2D eigenvalue weighted by atomic mass is 32.2. The second-order valence-electron chi connectivity index (χ2n) is 17.1. The van der Waals surface area contributed by atoms with E-state index in [0.717, 1.165) is 27.8 Å². The van der Waals surface area contributed by atoms with Gasteiger partial charge in [-0.1, -0.05) is 26.3 Å². The molecule has 16 heteroatoms. The molecule has 15 nitrogen and oxygen atoms in total. The number of carbonyl (C=O) groups is 2. The summed E-state index contributed by atoms with van der Waals surface area (Å²) in [6.07, 6.45) is 1.75. The number of nitriles is 1. The summed E-state index contributed by atoms with van der Waals surface area (Å²) in [5.41, 5.74) is 4.72. The average Bonchev–Trinajstić information content (AvgIpc) is 3.74. The highest BCUT2D eigenvalue weighted by molar-refractivity contribution is 7.99. The number of piperazine rings is 1. The van der Waals surface area contributed by atoms with E-state index in [1.54, 1.807) is 19.2 Å². The van der Waals surface area contributed by atoms with Gasteiger partial charge in [0.15, 0.2) is 46.3 Å². The van der Waals surface area contributed by atoms with Crippen LogP contribution in [0.4, 0.5) is 0 Å². The van der Waals surface area contributed by atoms with Crippen molar-refractivity contribution in [3.63, 3.8) is 0 Å². The summed E-state index contributed by atoms with van der Waals surface area (Å²) < 4.78 is 43.6. The molecular weight excluding hydrogens is 817 g/mol. The lowest BCUT2D eigenvalue weighted by molar-refractivity contribution is -0.157. The maximum atomic E-state index is 15.0. The zero-order chi connectivity index (χ0) is 43.8. The fraction of sp³-hybridized carbons (Fsp3) is 0.543. The minimum absolute atomic E-state index is 0.0220. The molecule has 10 rings (SSSR count). The summed E-state index contributed by atoms with van der Waals surface area (Å²) in [5.74, 6) is 1.72. The summed E-state index contributed by atoms with van der Waals surface area (Å²) in [7, 11) is 5.07. The molecule has 0 amide bonds. The lowest BCUT2D eigenvalue weighted by Gasteiger charge is -2.62. The van der Waals surface area contributed by atoms with Gasteiger partial charge in [-0.25, -0.2) is 4.79 Å². The number of nitrogens with one attached hydrogen (secondary N) is 1. The summed E-state index contributed by atoms with van der Waals surface area (Å²) in [6, 6.07) is 5.34. The largest absolute Gasteiger partial charge is 0.504 e. The van der Waals surface area contributed by atoms with Crippen LogP contribution in [0.15, 0.2) is 18.2 Å². The van der Waals surface area contributed by atoms with Gasteiger partial charge in [0, 0.05) is 59.5 Å². The quantitative estimate of drug-likeness (QED) is 0.138. The van der Waals surface area contributed by atoms with Gasteiger partial charge in [-0.15, -0.1) is 11.8 Å². The third kappa shape index (κ3) is 6.37. The molecule has 1 spiro atoms. The van der Waals surface area contributed by atoms with Crippen LogP contribution < -0.4 is 33.7 Å². The lowest BCUT2D eigenvalue weighted by atomic mass is 9.71. The van der Waals surface area contributed by atoms with Gasteiger partial charge in [0.2, 0.25) is 6.79 Å². The van der Waals surface area contributed by atoms with E-state index in [9.17, 15) is 25.1 Å². The molecular formula is C46H54N4O11S. The van der Waals surface area contributed by atoms with E-state index in [1.165, 1.54) is 18.9 Å². The van der Waals surface area contributed by atoms with Gasteiger partial charge in [-0.3, -0.25) is 19.9 Å². The van der Waals surface area contributed by atoms with Gasteiger partial charge in [-0.05, 0) is 74.5 Å². The van der Waals surface area contributed by atoms with Crippen LogP contribution in [0.5, 0.6) is 40.2 Å². The Morgan fingerprint density at radius 3 is 2.56 bits per heavy atom. The molecule has 0 saturated carbocycles. The lowest BCUT2D eigenvalue weighted by Crippen LogP contribution is -2.69. The van der Waals surface area contributed by atoms with Crippen LogP contribution >= 0.6 is 11.8 Å². The van der Waals surface area contributed by atoms with Crippen molar-refractivity contribution in [2.24, 2.45) is 0 Å². The molecule has 0 aromatic heterocycles. The number of likely N-dealkylation sites (N-methyl/N-ethyl adjacent to an activating group) is 1. The summed E-state index contributed by atoms with van der Waals surface area (Å²) in [6.45, 7) is 7.94. The van der Waals surface area contributed by atoms with Crippen molar-refractivity contribution in [3.05, 3.63) is 62.7 Å². The minimum atomic E-state index is -1.38. The first-order valence-corrected chi connectivity index (χ1v) is 22.5. The smallest absolute Gasteiger partial charge is 0.331 e. The third-order valence-electron chi connectivity index (χ3n) is 13.6. The fourth-order valence-electron chi connectivity index (χ4n) is 11.0. The van der Waals surface area contributed by atoms with Crippen molar-refractivity contribution in [2.75, 3.05) is 47.0 Å². The molecule has 0 aliphatic carbocycles. The number of hydrogen-bond donors (Lipinski definition) is 3. The molecule has 2 fully saturated rings. The van der Waals surface area contributed by atoms with Gasteiger partial charge in [0.25, 0.3) is 0 Å². The Balaban J connectivity index is 1.33. The Kier molecular flexibility index (Phi) is 11.2. The number of rotatable bonds is 9. The Morgan fingerprint density at radius 1 is 1.05 bits per heavy atom. The van der Waals surface area contributed by atoms with Crippen molar-refractivity contribution in [1.82, 2.24) is 15.1 Å². The van der Waals surface area contributed by atoms with E-state index in [-0.39, 0.29) is 49.1 Å². The molecule has 8 atom stereocenters. The van der Waals surface area contributed by atoms with Gasteiger partial charge in [-0.2, -0.15) is 5.26 Å². The average molecular weight is 871 g/mol. The number of aliphatic hydroxyl groups excluding tert-OH is 1. The van der Waals surface area contributed by atoms with Crippen LogP contribution in [-0.2, 0) is 32.7 Å². The minimum Gasteiger partial charge on any atom is -0.504 e. The number of thioether (sulfide) groups is 1. The van der Waals surface area contributed by atoms with Crippen LogP contribution in [0.1, 0.15) is 101 Å². The second-order valence-corrected chi connectivity index (χ2v) is 18.2. The summed E-state index contributed by atoms with van der Waals surface area (Å²) >= 11 is 1.52. The summed E-state index contributed by atoms with van der Waals surface area (Å²) in [5, 5.41) is 36.6. The van der Waals surface area contributed by atoms with E-state index in [2.05, 4.69) is 27.3 Å². The van der Waals surface area contributed by atoms with Crippen molar-refractivity contribution >= 4 is 23.7 Å². The molecule has 7 aliphatic heterocycles. The fourth-order valence-corrected chi connectivity index (χ4v) is 12.6. The van der Waals surface area contributed by atoms with Crippen LogP contribution in [0, 0.1) is 25.2 Å². The highest BCUT2D eigenvalue weighted by Gasteiger charge is 2.62. The molecule has 330 valence electrons. The molecule has 62 heavy (non-hydrogen) atoms. The van der Waals surface area contributed by atoms with Gasteiger partial charge < -0.3 is 43.4 Å². The predicted molar refractivity (Wildman–Crippen MR) is 227 cm³/mol. The first kappa shape index (κ1) is 42.4. The first-order valence-electron chi connectivity index (χ1n) is 21.5. The van der Waals surface area contributed by atoms with Crippen molar-refractivity contribution < 1.29 is 53.0 Å². The normalized spacial score (nSPS) is 27.5. The molecule has 3 aromatic carbocycles. The number of fused-ring (bicyclic) bond motifs is 9. The maximum absolute atomic E-state index is 15.0. The zero-order valence-corrected chi connectivity index (χ0v) is 37.0. The number of aliphatic hydroxyl groups is 1. The number of hydrogen-bond acceptors (Lipinski definition) is 16. The molecule has 2 unspecified atom stereocenters. The number of aromatic hydroxyl groups is 1. The number of phenols is 1. The van der Waals surface area contributed by atoms with Gasteiger partial charge in [0.05, 0.1) is 37.6 Å².